The third kappa shape index (κ3) is 4.08. The van der Waals surface area contributed by atoms with Gasteiger partial charge in [-0.1, -0.05) is 44.2 Å². The topological polar surface area (TPSA) is 29.5 Å². The van der Waals surface area contributed by atoms with Crippen LogP contribution in [0.1, 0.15) is 55.0 Å². The summed E-state index contributed by atoms with van der Waals surface area (Å²) in [6, 6.07) is 14.4. The highest BCUT2D eigenvalue weighted by Crippen LogP contribution is 2.24. The average molecular weight is 284 g/mol. The van der Waals surface area contributed by atoms with E-state index in [4.69, 9.17) is 4.74 Å². The molecule has 1 unspecified atom stereocenters. The van der Waals surface area contributed by atoms with E-state index in [0.717, 1.165) is 16.9 Å². The normalized spacial score (nSPS) is 12.5. The lowest BCUT2D eigenvalue weighted by Gasteiger charge is -2.12. The number of hydrogen-bond acceptors (Lipinski definition) is 2. The lowest BCUT2D eigenvalue weighted by molar-refractivity contribution is 0.199. The zero-order valence-electron chi connectivity index (χ0n) is 13.3. The van der Waals surface area contributed by atoms with Crippen LogP contribution in [0, 0.1) is 6.92 Å². The van der Waals surface area contributed by atoms with Gasteiger partial charge < -0.3 is 9.84 Å². The first-order valence-electron chi connectivity index (χ1n) is 7.47. The van der Waals surface area contributed by atoms with Crippen LogP contribution in [0.25, 0.3) is 0 Å². The first-order valence-corrected chi connectivity index (χ1v) is 7.47. The molecule has 112 valence electrons. The standard InChI is InChI=1S/C19H24O2/c1-13(2)17-7-5-16(6-8-17)12-21-19-10-9-18(15(4)20)11-14(19)3/h5-11,13,15,20H,12H2,1-4H3. The van der Waals surface area contributed by atoms with Gasteiger partial charge >= 0.3 is 0 Å². The summed E-state index contributed by atoms with van der Waals surface area (Å²) in [5.41, 5.74) is 4.47. The van der Waals surface area contributed by atoms with E-state index in [1.165, 1.54) is 11.1 Å². The quantitative estimate of drug-likeness (QED) is 0.858. The largest absolute Gasteiger partial charge is 0.489 e. The van der Waals surface area contributed by atoms with Crippen LogP contribution in [0.2, 0.25) is 0 Å². The molecule has 0 amide bonds. The maximum absolute atomic E-state index is 9.58. The molecule has 0 saturated carbocycles. The molecule has 0 saturated heterocycles. The Hall–Kier alpha value is -1.80. The van der Waals surface area contributed by atoms with Gasteiger partial charge in [-0.25, -0.2) is 0 Å². The van der Waals surface area contributed by atoms with Crippen molar-refractivity contribution in [1.29, 1.82) is 0 Å². The molecule has 1 N–H and O–H groups in total. The maximum Gasteiger partial charge on any atom is 0.122 e. The smallest absolute Gasteiger partial charge is 0.122 e. The van der Waals surface area contributed by atoms with Gasteiger partial charge in [-0.3, -0.25) is 0 Å². The Morgan fingerprint density at radius 1 is 0.952 bits per heavy atom. The predicted molar refractivity (Wildman–Crippen MR) is 86.7 cm³/mol. The number of aliphatic hydroxyl groups excluding tert-OH is 1. The number of rotatable bonds is 5. The maximum atomic E-state index is 9.58. The van der Waals surface area contributed by atoms with Crippen molar-refractivity contribution in [2.75, 3.05) is 0 Å². The van der Waals surface area contributed by atoms with E-state index in [2.05, 4.69) is 38.1 Å². The molecule has 0 heterocycles. The van der Waals surface area contributed by atoms with Crippen molar-refractivity contribution < 1.29 is 9.84 Å². The van der Waals surface area contributed by atoms with Crippen molar-refractivity contribution in [3.63, 3.8) is 0 Å². The van der Waals surface area contributed by atoms with Crippen LogP contribution >= 0.6 is 0 Å². The number of aliphatic hydroxyl groups is 1. The summed E-state index contributed by atoms with van der Waals surface area (Å²) in [6.45, 7) is 8.72. The van der Waals surface area contributed by atoms with E-state index in [1.807, 2.05) is 25.1 Å². The summed E-state index contributed by atoms with van der Waals surface area (Å²) in [7, 11) is 0. The second-order valence-corrected chi connectivity index (χ2v) is 5.89. The van der Waals surface area contributed by atoms with Crippen molar-refractivity contribution in [3.05, 3.63) is 64.7 Å². The van der Waals surface area contributed by atoms with Crippen LogP contribution in [0.15, 0.2) is 42.5 Å². The zero-order chi connectivity index (χ0) is 15.4. The molecule has 0 fully saturated rings. The van der Waals surface area contributed by atoms with Crippen LogP contribution in [0.4, 0.5) is 0 Å². The molecule has 2 rings (SSSR count). The first kappa shape index (κ1) is 15.6. The monoisotopic (exact) mass is 284 g/mol. The van der Waals surface area contributed by atoms with Crippen LogP contribution in [-0.2, 0) is 6.61 Å². The van der Waals surface area contributed by atoms with Gasteiger partial charge in [0.25, 0.3) is 0 Å². The van der Waals surface area contributed by atoms with Gasteiger partial charge in [0.2, 0.25) is 0 Å². The van der Waals surface area contributed by atoms with Gasteiger partial charge in [-0.2, -0.15) is 0 Å². The summed E-state index contributed by atoms with van der Waals surface area (Å²) >= 11 is 0. The van der Waals surface area contributed by atoms with Gasteiger partial charge in [-0.15, -0.1) is 0 Å². The second kappa shape index (κ2) is 6.77. The minimum Gasteiger partial charge on any atom is -0.489 e. The lowest BCUT2D eigenvalue weighted by atomic mass is 10.0. The number of aryl methyl sites for hydroxylation is 1. The van der Waals surface area contributed by atoms with Crippen molar-refractivity contribution in [2.45, 2.75) is 46.3 Å². The van der Waals surface area contributed by atoms with E-state index in [-0.39, 0.29) is 0 Å². The third-order valence-electron chi connectivity index (χ3n) is 3.72. The van der Waals surface area contributed by atoms with E-state index < -0.39 is 6.10 Å². The average Bonchev–Trinajstić information content (AvgIpc) is 2.46. The Kier molecular flexibility index (Phi) is 5.03. The number of ether oxygens (including phenoxy) is 1. The fraction of sp³-hybridized carbons (Fsp3) is 0.368. The second-order valence-electron chi connectivity index (χ2n) is 5.89. The lowest BCUT2D eigenvalue weighted by Crippen LogP contribution is -1.99. The van der Waals surface area contributed by atoms with Gasteiger partial charge in [0.05, 0.1) is 6.10 Å². The molecule has 0 spiro atoms. The Balaban J connectivity index is 2.02. The van der Waals surface area contributed by atoms with Crippen molar-refractivity contribution in [2.24, 2.45) is 0 Å². The molecule has 0 aliphatic heterocycles. The van der Waals surface area contributed by atoms with Crippen LogP contribution < -0.4 is 4.74 Å². The molecule has 2 aromatic rings. The van der Waals surface area contributed by atoms with Crippen LogP contribution in [0.5, 0.6) is 5.75 Å². The van der Waals surface area contributed by atoms with Crippen molar-refractivity contribution in [1.82, 2.24) is 0 Å². The number of benzene rings is 2. The van der Waals surface area contributed by atoms with Crippen molar-refractivity contribution >= 4 is 0 Å². The highest BCUT2D eigenvalue weighted by molar-refractivity contribution is 5.37. The molecular weight excluding hydrogens is 260 g/mol. The Bertz CT molecular complexity index is 583. The molecule has 1 atom stereocenters. The highest BCUT2D eigenvalue weighted by Gasteiger charge is 2.06. The molecular formula is C19H24O2. The molecule has 2 heteroatoms. The summed E-state index contributed by atoms with van der Waals surface area (Å²) in [5.74, 6) is 1.42. The molecule has 0 aliphatic rings. The van der Waals surface area contributed by atoms with Crippen LogP contribution in [0.3, 0.4) is 0 Å². The van der Waals surface area contributed by atoms with Gasteiger partial charge in [0.1, 0.15) is 12.4 Å². The molecule has 2 nitrogen and oxygen atoms in total. The molecule has 0 bridgehead atoms. The summed E-state index contributed by atoms with van der Waals surface area (Å²) in [5, 5.41) is 9.58. The fourth-order valence-corrected chi connectivity index (χ4v) is 2.25. The van der Waals surface area contributed by atoms with E-state index in [0.29, 0.717) is 12.5 Å². The minimum atomic E-state index is -0.443. The highest BCUT2D eigenvalue weighted by atomic mass is 16.5. The van der Waals surface area contributed by atoms with Gasteiger partial charge in [0, 0.05) is 0 Å². The van der Waals surface area contributed by atoms with Gasteiger partial charge in [-0.05, 0) is 54.2 Å². The van der Waals surface area contributed by atoms with Gasteiger partial charge in [0.15, 0.2) is 0 Å². The Morgan fingerprint density at radius 2 is 1.57 bits per heavy atom. The van der Waals surface area contributed by atoms with E-state index in [9.17, 15) is 5.11 Å². The molecule has 21 heavy (non-hydrogen) atoms. The molecule has 2 aromatic carbocycles. The predicted octanol–water partition coefficient (Wildman–Crippen LogP) is 4.75. The minimum absolute atomic E-state index is 0.443. The number of hydrogen-bond donors (Lipinski definition) is 1. The fourth-order valence-electron chi connectivity index (χ4n) is 2.25. The zero-order valence-corrected chi connectivity index (χ0v) is 13.3. The Labute approximate surface area is 127 Å². The summed E-state index contributed by atoms with van der Waals surface area (Å²) in [4.78, 5) is 0. The first-order chi connectivity index (χ1) is 9.97. The molecule has 0 radical (unpaired) electrons. The SMILES string of the molecule is Cc1cc(C(C)O)ccc1OCc1ccc(C(C)C)cc1. The van der Waals surface area contributed by atoms with Crippen molar-refractivity contribution in [3.8, 4) is 5.75 Å². The molecule has 0 aliphatic carbocycles. The summed E-state index contributed by atoms with van der Waals surface area (Å²) < 4.78 is 5.88. The van der Waals surface area contributed by atoms with E-state index in [1.54, 1.807) is 6.92 Å². The van der Waals surface area contributed by atoms with E-state index >= 15 is 0 Å². The third-order valence-corrected chi connectivity index (χ3v) is 3.72. The summed E-state index contributed by atoms with van der Waals surface area (Å²) in [6.07, 6.45) is -0.443. The molecule has 0 aromatic heterocycles. The van der Waals surface area contributed by atoms with Crippen LogP contribution in [-0.4, -0.2) is 5.11 Å². The Morgan fingerprint density at radius 3 is 2.10 bits per heavy atom.